The number of amides is 1. The smallest absolute Gasteiger partial charge is 0.326 e. The lowest BCUT2D eigenvalue weighted by molar-refractivity contribution is -0.151. The lowest BCUT2D eigenvalue weighted by Crippen LogP contribution is -2.50. The number of rotatable bonds is 8. The molecule has 1 atom stereocenters. The molecule has 0 aromatic heterocycles. The van der Waals surface area contributed by atoms with Crippen LogP contribution in [0, 0.1) is 0 Å². The Bertz CT molecular complexity index is 1110. The maximum absolute atomic E-state index is 14.0. The minimum absolute atomic E-state index is 0.00906. The van der Waals surface area contributed by atoms with Crippen molar-refractivity contribution in [1.29, 1.82) is 0 Å². The highest BCUT2D eigenvalue weighted by molar-refractivity contribution is 5.91. The van der Waals surface area contributed by atoms with E-state index in [0.717, 1.165) is 29.5 Å². The molecule has 1 aliphatic heterocycles. The molecular weight excluding hydrogens is 430 g/mol. The number of carboxylic acid groups (broad SMARTS) is 1. The molecule has 0 saturated carbocycles. The molecule has 176 valence electrons. The van der Waals surface area contributed by atoms with E-state index < -0.39 is 17.9 Å². The molecule has 2 N–H and O–H groups in total. The van der Waals surface area contributed by atoms with Crippen LogP contribution in [0.15, 0.2) is 72.8 Å². The van der Waals surface area contributed by atoms with Crippen LogP contribution in [0.4, 0.5) is 0 Å². The number of benzene rings is 3. The van der Waals surface area contributed by atoms with Crippen molar-refractivity contribution in [3.8, 4) is 11.5 Å². The molecule has 3 aromatic rings. The molecule has 0 radical (unpaired) electrons. The van der Waals surface area contributed by atoms with E-state index in [0.29, 0.717) is 17.9 Å². The van der Waals surface area contributed by atoms with E-state index in [9.17, 15) is 19.8 Å². The predicted molar refractivity (Wildman–Crippen MR) is 129 cm³/mol. The van der Waals surface area contributed by atoms with E-state index in [1.54, 1.807) is 12.1 Å². The molecule has 0 unspecified atom stereocenters. The second-order valence-electron chi connectivity index (χ2n) is 8.53. The Morgan fingerprint density at radius 1 is 1.00 bits per heavy atom. The van der Waals surface area contributed by atoms with Crippen molar-refractivity contribution in [3.63, 3.8) is 0 Å². The summed E-state index contributed by atoms with van der Waals surface area (Å²) in [6, 6.07) is 21.1. The van der Waals surface area contributed by atoms with Gasteiger partial charge in [-0.2, -0.15) is 0 Å². The molecule has 1 heterocycles. The summed E-state index contributed by atoms with van der Waals surface area (Å²) < 4.78 is 5.84. The van der Waals surface area contributed by atoms with Crippen LogP contribution in [-0.2, 0) is 22.6 Å². The number of ether oxygens (including phenoxy) is 1. The third kappa shape index (κ3) is 4.76. The van der Waals surface area contributed by atoms with Gasteiger partial charge in [0, 0.05) is 18.5 Å². The van der Waals surface area contributed by atoms with E-state index in [-0.39, 0.29) is 24.6 Å². The summed E-state index contributed by atoms with van der Waals surface area (Å²) in [6.45, 7) is 2.61. The van der Waals surface area contributed by atoms with Gasteiger partial charge in [-0.1, -0.05) is 80.1 Å². The number of carboxylic acids is 1. The van der Waals surface area contributed by atoms with Crippen LogP contribution in [0.3, 0.4) is 0 Å². The van der Waals surface area contributed by atoms with Crippen LogP contribution in [0.5, 0.6) is 11.5 Å². The monoisotopic (exact) mass is 459 g/mol. The van der Waals surface area contributed by atoms with E-state index in [4.69, 9.17) is 4.74 Å². The molecule has 34 heavy (non-hydrogen) atoms. The zero-order chi connectivity index (χ0) is 24.1. The van der Waals surface area contributed by atoms with Crippen molar-refractivity contribution in [3.05, 3.63) is 95.1 Å². The number of aromatic hydroxyl groups is 1. The quantitative estimate of drug-likeness (QED) is 0.475. The van der Waals surface area contributed by atoms with Crippen molar-refractivity contribution < 1.29 is 24.5 Å². The van der Waals surface area contributed by atoms with Crippen LogP contribution >= 0.6 is 0 Å². The Balaban J connectivity index is 1.73. The fraction of sp³-hybridized carbons (Fsp3) is 0.286. The zero-order valence-corrected chi connectivity index (χ0v) is 19.2. The number of fused-ring (bicyclic) bond motifs is 1. The van der Waals surface area contributed by atoms with Crippen LogP contribution in [-0.4, -0.2) is 39.6 Å². The summed E-state index contributed by atoms with van der Waals surface area (Å²) in [4.78, 5) is 27.7. The first-order chi connectivity index (χ1) is 16.5. The Morgan fingerprint density at radius 3 is 2.18 bits per heavy atom. The minimum Gasteiger partial charge on any atom is -0.504 e. The first kappa shape index (κ1) is 23.4. The third-order valence-corrected chi connectivity index (χ3v) is 6.28. The Hall–Kier alpha value is -3.80. The third-order valence-electron chi connectivity index (χ3n) is 6.28. The van der Waals surface area contributed by atoms with Gasteiger partial charge in [0.15, 0.2) is 11.5 Å². The fourth-order valence-corrected chi connectivity index (χ4v) is 4.49. The van der Waals surface area contributed by atoms with E-state index in [2.05, 4.69) is 0 Å². The molecule has 6 nitrogen and oxygen atoms in total. The SMILES string of the molecule is CCCCOc1c(O)ccc2c1C[C@@H](C(=O)O)N(C(=O)C(c1ccccc1)c1ccccc1)C2. The molecule has 1 aliphatic rings. The van der Waals surface area contributed by atoms with Crippen LogP contribution < -0.4 is 4.74 Å². The zero-order valence-electron chi connectivity index (χ0n) is 19.2. The molecule has 0 bridgehead atoms. The van der Waals surface area contributed by atoms with Crippen molar-refractivity contribution in [2.75, 3.05) is 6.61 Å². The molecule has 6 heteroatoms. The number of carbonyl (C=O) groups is 2. The van der Waals surface area contributed by atoms with Gasteiger partial charge in [0.1, 0.15) is 6.04 Å². The Morgan fingerprint density at radius 2 is 1.62 bits per heavy atom. The van der Waals surface area contributed by atoms with Gasteiger partial charge in [-0.05, 0) is 29.2 Å². The number of unbranched alkanes of at least 4 members (excludes halogenated alkanes) is 1. The van der Waals surface area contributed by atoms with Crippen molar-refractivity contribution in [2.24, 2.45) is 0 Å². The molecule has 3 aromatic carbocycles. The van der Waals surface area contributed by atoms with Gasteiger partial charge in [-0.15, -0.1) is 0 Å². The number of phenols is 1. The van der Waals surface area contributed by atoms with Gasteiger partial charge >= 0.3 is 5.97 Å². The molecule has 4 rings (SSSR count). The number of aliphatic carboxylic acids is 1. The molecule has 0 spiro atoms. The number of nitrogens with zero attached hydrogens (tertiary/aromatic N) is 1. The highest BCUT2D eigenvalue weighted by Crippen LogP contribution is 2.39. The molecule has 0 aliphatic carbocycles. The normalized spacial score (nSPS) is 15.1. The topological polar surface area (TPSA) is 87.1 Å². The average molecular weight is 460 g/mol. The summed E-state index contributed by atoms with van der Waals surface area (Å²) in [5, 5.41) is 20.5. The van der Waals surface area contributed by atoms with Crippen molar-refractivity contribution >= 4 is 11.9 Å². The van der Waals surface area contributed by atoms with Crippen molar-refractivity contribution in [2.45, 2.75) is 44.7 Å². The highest BCUT2D eigenvalue weighted by Gasteiger charge is 2.39. The molecular formula is C28H29NO5. The highest BCUT2D eigenvalue weighted by atomic mass is 16.5. The fourth-order valence-electron chi connectivity index (χ4n) is 4.49. The summed E-state index contributed by atoms with van der Waals surface area (Å²) in [5.41, 5.74) is 3.06. The van der Waals surface area contributed by atoms with Gasteiger partial charge in [0.2, 0.25) is 5.91 Å². The van der Waals surface area contributed by atoms with E-state index in [1.165, 1.54) is 4.90 Å². The van der Waals surface area contributed by atoms with Gasteiger partial charge in [-0.3, -0.25) is 4.79 Å². The average Bonchev–Trinajstić information content (AvgIpc) is 2.86. The number of carbonyl (C=O) groups excluding carboxylic acids is 1. The summed E-state index contributed by atoms with van der Waals surface area (Å²) >= 11 is 0. The number of phenolic OH excluding ortho intramolecular Hbond substituents is 1. The number of hydrogen-bond acceptors (Lipinski definition) is 4. The first-order valence-electron chi connectivity index (χ1n) is 11.6. The maximum Gasteiger partial charge on any atom is 0.326 e. The second kappa shape index (κ2) is 10.4. The molecule has 0 saturated heterocycles. The van der Waals surface area contributed by atoms with Gasteiger partial charge < -0.3 is 19.8 Å². The van der Waals surface area contributed by atoms with Crippen molar-refractivity contribution in [1.82, 2.24) is 4.90 Å². The minimum atomic E-state index is -1.08. The standard InChI is InChI=1S/C28H29NO5/c1-2-3-16-34-26-22-17-23(28(32)33)29(18-21(22)14-15-24(26)30)27(31)25(19-10-6-4-7-11-19)20-12-8-5-9-13-20/h4-15,23,25,30H,2-3,16-18H2,1H3,(H,32,33)/t23-/m0/s1. The van der Waals surface area contributed by atoms with Gasteiger partial charge in [-0.25, -0.2) is 4.79 Å². The van der Waals surface area contributed by atoms with Crippen LogP contribution in [0.25, 0.3) is 0 Å². The summed E-state index contributed by atoms with van der Waals surface area (Å²) in [7, 11) is 0. The van der Waals surface area contributed by atoms with Crippen LogP contribution in [0.1, 0.15) is 47.9 Å². The molecule has 0 fully saturated rings. The number of hydrogen-bond donors (Lipinski definition) is 2. The van der Waals surface area contributed by atoms with Gasteiger partial charge in [0.05, 0.1) is 12.5 Å². The Kier molecular flexibility index (Phi) is 7.16. The summed E-state index contributed by atoms with van der Waals surface area (Å²) in [6.07, 6.45) is 1.84. The largest absolute Gasteiger partial charge is 0.504 e. The summed E-state index contributed by atoms with van der Waals surface area (Å²) in [5.74, 6) is -1.65. The molecule has 1 amide bonds. The first-order valence-corrected chi connectivity index (χ1v) is 11.6. The lowest BCUT2D eigenvalue weighted by Gasteiger charge is -2.37. The van der Waals surface area contributed by atoms with E-state index >= 15 is 0 Å². The van der Waals surface area contributed by atoms with Gasteiger partial charge in [0.25, 0.3) is 0 Å². The lowest BCUT2D eigenvalue weighted by atomic mass is 9.87. The second-order valence-corrected chi connectivity index (χ2v) is 8.53. The predicted octanol–water partition coefficient (Wildman–Crippen LogP) is 4.74. The Labute approximate surface area is 199 Å². The van der Waals surface area contributed by atoms with Crippen LogP contribution in [0.2, 0.25) is 0 Å². The maximum atomic E-state index is 14.0. The van der Waals surface area contributed by atoms with E-state index in [1.807, 2.05) is 67.6 Å².